The van der Waals surface area contributed by atoms with Crippen LogP contribution < -0.4 is 0 Å². The van der Waals surface area contributed by atoms with Gasteiger partial charge < -0.3 is 0 Å². The second-order valence-electron chi connectivity index (χ2n) is 1.85. The predicted octanol–water partition coefficient (Wildman–Crippen LogP) is 2.22. The summed E-state index contributed by atoms with van der Waals surface area (Å²) in [7, 11) is 0. The molecular formula is C3H9BrSb. The normalized spacial score (nSPS) is 12.0. The Morgan fingerprint density at radius 1 is 1.20 bits per heavy atom. The van der Waals surface area contributed by atoms with Gasteiger partial charge in [-0.3, -0.25) is 0 Å². The quantitative estimate of drug-likeness (QED) is 0.575. The SMILES string of the molecule is [CH3][Sb]([CH3])([CH3])[Br]. The maximum atomic E-state index is 3.58. The zero-order valence-electron chi connectivity index (χ0n) is 3.83. The fraction of sp³-hybridized carbons (Fsp3) is 1.00. The maximum absolute atomic E-state index is 3.58. The molecule has 0 aromatic carbocycles. The first-order valence-electron chi connectivity index (χ1n) is 1.51. The van der Waals surface area contributed by atoms with Gasteiger partial charge in [-0.15, -0.1) is 0 Å². The molecule has 0 heterocycles. The van der Waals surface area contributed by atoms with Crippen molar-refractivity contribution >= 4 is 29.1 Å². The monoisotopic (exact) mass is 245 g/mol. The summed E-state index contributed by atoms with van der Waals surface area (Å²) in [5.41, 5.74) is 0. The van der Waals surface area contributed by atoms with Gasteiger partial charge in [0.1, 0.15) is 0 Å². The third kappa shape index (κ3) is 34.2. The summed E-state index contributed by atoms with van der Waals surface area (Å²) in [6.07, 6.45) is 0. The summed E-state index contributed by atoms with van der Waals surface area (Å²) in [5.74, 6) is 0. The van der Waals surface area contributed by atoms with Crippen LogP contribution in [0.4, 0.5) is 0 Å². The van der Waals surface area contributed by atoms with Crippen LogP contribution in [0.5, 0.6) is 0 Å². The molecule has 1 radical (unpaired) electrons. The van der Waals surface area contributed by atoms with Crippen LogP contribution in [-0.2, 0) is 0 Å². The molecule has 0 bridgehead atoms. The molecule has 0 aromatic heterocycles. The van der Waals surface area contributed by atoms with Crippen LogP contribution in [-0.4, -0.2) is 16.6 Å². The van der Waals surface area contributed by atoms with Gasteiger partial charge in [0.2, 0.25) is 0 Å². The Morgan fingerprint density at radius 2 is 1.20 bits per heavy atom. The second kappa shape index (κ2) is 1.84. The van der Waals surface area contributed by atoms with Crippen LogP contribution >= 0.6 is 12.6 Å². The number of hydrogen-bond donors (Lipinski definition) is 0. The molecule has 0 aliphatic carbocycles. The molecule has 5 heavy (non-hydrogen) atoms. The van der Waals surface area contributed by atoms with Crippen molar-refractivity contribution in [2.45, 2.75) is 14.6 Å². The standard InChI is InChI=1S/3CH3.BrH.Sb/h3*1H3;1H;/q;;;;+1/p-1. The van der Waals surface area contributed by atoms with E-state index in [1.807, 2.05) is 0 Å². The van der Waals surface area contributed by atoms with E-state index < -0.39 is 16.6 Å². The van der Waals surface area contributed by atoms with Gasteiger partial charge in [-0.1, -0.05) is 0 Å². The molecule has 0 aliphatic rings. The molecule has 0 amide bonds. The van der Waals surface area contributed by atoms with Gasteiger partial charge in [0.05, 0.1) is 0 Å². The Labute approximate surface area is 43.6 Å². The average molecular weight is 247 g/mol. The first-order valence-corrected chi connectivity index (χ1v) is 14.9. The minimum atomic E-state index is -1.29. The fourth-order valence-corrected chi connectivity index (χ4v) is 0. The van der Waals surface area contributed by atoms with Crippen molar-refractivity contribution in [3.63, 3.8) is 0 Å². The Morgan fingerprint density at radius 3 is 1.20 bits per heavy atom. The first kappa shape index (κ1) is 6.30. The van der Waals surface area contributed by atoms with E-state index in [2.05, 4.69) is 27.2 Å². The molecule has 0 aromatic rings. The molecule has 0 spiro atoms. The molecule has 33 valence electrons. The Hall–Kier alpha value is 1.30. The van der Waals surface area contributed by atoms with Gasteiger partial charge in [0, 0.05) is 0 Å². The molecule has 0 rings (SSSR count). The van der Waals surface area contributed by atoms with Crippen LogP contribution in [0, 0.1) is 0 Å². The summed E-state index contributed by atoms with van der Waals surface area (Å²) >= 11 is 2.29. The predicted molar refractivity (Wildman–Crippen MR) is 32.3 cm³/mol. The molecule has 0 nitrogen and oxygen atoms in total. The molecule has 0 saturated carbocycles. The second-order valence-corrected chi connectivity index (χ2v) is 26.7. The van der Waals surface area contributed by atoms with Crippen LogP contribution in [0.1, 0.15) is 0 Å². The van der Waals surface area contributed by atoms with Gasteiger partial charge in [-0.25, -0.2) is 0 Å². The van der Waals surface area contributed by atoms with Gasteiger partial charge in [0.25, 0.3) is 0 Å². The topological polar surface area (TPSA) is 0 Å². The molecule has 0 fully saturated rings. The van der Waals surface area contributed by atoms with Crippen LogP contribution in [0.15, 0.2) is 0 Å². The summed E-state index contributed by atoms with van der Waals surface area (Å²) in [6.45, 7) is 0. The van der Waals surface area contributed by atoms with Gasteiger partial charge in [-0.05, 0) is 0 Å². The van der Waals surface area contributed by atoms with E-state index in [4.69, 9.17) is 0 Å². The third-order valence-corrected chi connectivity index (χ3v) is 0. The van der Waals surface area contributed by atoms with Crippen molar-refractivity contribution in [1.29, 1.82) is 0 Å². The van der Waals surface area contributed by atoms with Crippen molar-refractivity contribution in [3.8, 4) is 0 Å². The first-order chi connectivity index (χ1) is 2.00. The Bertz CT molecular complexity index is 22.4. The molecular weight excluding hydrogens is 238 g/mol. The van der Waals surface area contributed by atoms with Crippen molar-refractivity contribution in [2.75, 3.05) is 0 Å². The summed E-state index contributed by atoms with van der Waals surface area (Å²) < 4.78 is 0. The van der Waals surface area contributed by atoms with E-state index in [1.165, 1.54) is 0 Å². The zero-order chi connectivity index (χ0) is 4.50. The van der Waals surface area contributed by atoms with Gasteiger partial charge >= 0.3 is 43.8 Å². The summed E-state index contributed by atoms with van der Waals surface area (Å²) in [6, 6.07) is 0. The van der Waals surface area contributed by atoms with E-state index in [-0.39, 0.29) is 0 Å². The molecule has 0 saturated heterocycles. The van der Waals surface area contributed by atoms with Crippen LogP contribution in [0.2, 0.25) is 14.6 Å². The fourth-order valence-electron chi connectivity index (χ4n) is 0. The summed E-state index contributed by atoms with van der Waals surface area (Å²) in [5, 5.41) is 0. The molecule has 0 N–H and O–H groups in total. The Balaban J connectivity index is 3.02. The van der Waals surface area contributed by atoms with E-state index in [1.54, 1.807) is 0 Å². The van der Waals surface area contributed by atoms with E-state index in [0.717, 1.165) is 0 Å². The molecule has 0 atom stereocenters. The van der Waals surface area contributed by atoms with E-state index in [0.29, 0.717) is 0 Å². The van der Waals surface area contributed by atoms with Gasteiger partial charge in [0.15, 0.2) is 0 Å². The van der Waals surface area contributed by atoms with E-state index >= 15 is 0 Å². The Kier molecular flexibility index (Phi) is 2.31. The number of rotatable bonds is 0. The van der Waals surface area contributed by atoms with E-state index in [9.17, 15) is 0 Å². The van der Waals surface area contributed by atoms with Crippen molar-refractivity contribution in [2.24, 2.45) is 0 Å². The third-order valence-electron chi connectivity index (χ3n) is 0. The molecule has 0 unspecified atom stereocenters. The van der Waals surface area contributed by atoms with Crippen LogP contribution in [0.3, 0.4) is 0 Å². The van der Waals surface area contributed by atoms with Crippen molar-refractivity contribution in [1.82, 2.24) is 0 Å². The number of hydrogen-bond acceptors (Lipinski definition) is 0. The van der Waals surface area contributed by atoms with Crippen LogP contribution in [0.25, 0.3) is 0 Å². The number of halogens is 1. The minimum absolute atomic E-state index is 1.29. The summed E-state index contributed by atoms with van der Waals surface area (Å²) in [4.78, 5) is 6.91. The van der Waals surface area contributed by atoms with Gasteiger partial charge in [-0.2, -0.15) is 0 Å². The van der Waals surface area contributed by atoms with Crippen molar-refractivity contribution < 1.29 is 0 Å². The average Bonchev–Trinajstić information content (AvgIpc) is 0.722. The molecule has 2 heteroatoms. The van der Waals surface area contributed by atoms with Crippen molar-refractivity contribution in [3.05, 3.63) is 0 Å². The molecule has 0 aliphatic heterocycles. The zero-order valence-corrected chi connectivity index (χ0v) is 7.96.